The average molecular weight is 394 g/mol. The van der Waals surface area contributed by atoms with E-state index in [0.29, 0.717) is 5.56 Å². The van der Waals surface area contributed by atoms with Crippen molar-refractivity contribution in [3.63, 3.8) is 0 Å². The molecule has 0 aromatic heterocycles. The van der Waals surface area contributed by atoms with Gasteiger partial charge in [-0.1, -0.05) is 66.7 Å². The second-order valence-electron chi connectivity index (χ2n) is 8.08. The maximum atomic E-state index is 13.4. The maximum absolute atomic E-state index is 13.4. The third-order valence-corrected chi connectivity index (χ3v) is 6.70. The summed E-state index contributed by atoms with van der Waals surface area (Å²) >= 11 is 0. The Hall–Kier alpha value is -3.73. The highest BCUT2D eigenvalue weighted by Gasteiger charge is 2.62. The quantitative estimate of drug-likeness (QED) is 0.679. The first-order chi connectivity index (χ1) is 14.7. The third-order valence-electron chi connectivity index (χ3n) is 6.70. The van der Waals surface area contributed by atoms with E-state index in [2.05, 4.69) is 29.7 Å². The fourth-order valence-corrected chi connectivity index (χ4v) is 5.54. The Morgan fingerprint density at radius 2 is 1.03 bits per heavy atom. The first-order valence-electron chi connectivity index (χ1n) is 10.1. The molecule has 1 saturated heterocycles. The molecule has 4 aliphatic rings. The number of imide groups is 1. The molecule has 5 heteroatoms. The van der Waals surface area contributed by atoms with Crippen LogP contribution >= 0.6 is 0 Å². The molecular formula is C25H18N2O3. The summed E-state index contributed by atoms with van der Waals surface area (Å²) in [6.07, 6.45) is 0. The Morgan fingerprint density at radius 1 is 0.633 bits per heavy atom. The lowest BCUT2D eigenvalue weighted by atomic mass is 9.55. The molecule has 3 aromatic rings. The van der Waals surface area contributed by atoms with Crippen molar-refractivity contribution in [1.29, 1.82) is 0 Å². The van der Waals surface area contributed by atoms with Crippen molar-refractivity contribution in [1.82, 2.24) is 10.4 Å². The average Bonchev–Trinajstić information content (AvgIpc) is 3.05. The van der Waals surface area contributed by atoms with Gasteiger partial charge >= 0.3 is 0 Å². The highest BCUT2D eigenvalue weighted by atomic mass is 16.2. The van der Waals surface area contributed by atoms with E-state index in [-0.39, 0.29) is 23.7 Å². The fraction of sp³-hybridized carbons (Fsp3) is 0.160. The highest BCUT2D eigenvalue weighted by Crippen LogP contribution is 2.60. The molecule has 3 aliphatic carbocycles. The van der Waals surface area contributed by atoms with Gasteiger partial charge in [-0.15, -0.1) is 0 Å². The Morgan fingerprint density at radius 3 is 1.47 bits per heavy atom. The summed E-state index contributed by atoms with van der Waals surface area (Å²) in [5.74, 6) is -2.46. The number of hydrogen-bond donors (Lipinski definition) is 1. The number of hydrazine groups is 1. The molecule has 1 fully saturated rings. The van der Waals surface area contributed by atoms with Crippen molar-refractivity contribution >= 4 is 17.7 Å². The topological polar surface area (TPSA) is 66.5 Å². The zero-order valence-corrected chi connectivity index (χ0v) is 16.0. The summed E-state index contributed by atoms with van der Waals surface area (Å²) in [4.78, 5) is 39.5. The Bertz CT molecular complexity index is 1100. The molecule has 2 bridgehead atoms. The minimum absolute atomic E-state index is 0.178. The zero-order chi connectivity index (χ0) is 20.4. The van der Waals surface area contributed by atoms with Crippen LogP contribution < -0.4 is 5.43 Å². The second kappa shape index (κ2) is 6.13. The van der Waals surface area contributed by atoms with Gasteiger partial charge in [0.2, 0.25) is 0 Å². The van der Waals surface area contributed by atoms with Crippen LogP contribution in [0.25, 0.3) is 0 Å². The van der Waals surface area contributed by atoms with E-state index in [1.54, 1.807) is 24.3 Å². The highest BCUT2D eigenvalue weighted by molar-refractivity contribution is 6.09. The van der Waals surface area contributed by atoms with Crippen LogP contribution in [0.4, 0.5) is 0 Å². The molecule has 146 valence electrons. The summed E-state index contributed by atoms with van der Waals surface area (Å²) in [6.45, 7) is 0. The number of hydrogen-bond acceptors (Lipinski definition) is 3. The molecule has 1 N–H and O–H groups in total. The van der Waals surface area contributed by atoms with Crippen LogP contribution in [0.15, 0.2) is 78.9 Å². The molecule has 30 heavy (non-hydrogen) atoms. The first kappa shape index (κ1) is 17.2. The van der Waals surface area contributed by atoms with Crippen LogP contribution in [-0.4, -0.2) is 22.7 Å². The number of rotatable bonds is 2. The van der Waals surface area contributed by atoms with Gasteiger partial charge in [0.1, 0.15) is 0 Å². The molecule has 3 amide bonds. The number of nitrogens with zero attached hydrogens (tertiary/aromatic N) is 1. The SMILES string of the molecule is O=C(NN1C(=O)[C@H]2C3c4ccccc4C(c4ccccc43)[C@@H]2C1=O)c1ccccc1. The van der Waals surface area contributed by atoms with Crippen molar-refractivity contribution in [3.05, 3.63) is 107 Å². The molecule has 0 spiro atoms. The predicted molar refractivity (Wildman–Crippen MR) is 109 cm³/mol. The molecule has 1 heterocycles. The van der Waals surface area contributed by atoms with E-state index in [4.69, 9.17) is 0 Å². The van der Waals surface area contributed by atoms with E-state index in [0.717, 1.165) is 27.3 Å². The number of nitrogens with one attached hydrogen (secondary N) is 1. The predicted octanol–water partition coefficient (Wildman–Crippen LogP) is 3.22. The number of benzene rings is 3. The molecule has 0 unspecified atom stereocenters. The van der Waals surface area contributed by atoms with Crippen LogP contribution in [0.5, 0.6) is 0 Å². The lowest BCUT2D eigenvalue weighted by Gasteiger charge is -2.45. The van der Waals surface area contributed by atoms with E-state index in [1.807, 2.05) is 30.3 Å². The first-order valence-corrected chi connectivity index (χ1v) is 10.1. The van der Waals surface area contributed by atoms with Crippen molar-refractivity contribution < 1.29 is 14.4 Å². The van der Waals surface area contributed by atoms with Gasteiger partial charge in [0.15, 0.2) is 0 Å². The number of carbonyl (C=O) groups is 3. The smallest absolute Gasteiger partial charge is 0.270 e. The van der Waals surface area contributed by atoms with Crippen molar-refractivity contribution in [2.24, 2.45) is 11.8 Å². The van der Waals surface area contributed by atoms with Gasteiger partial charge in [-0.3, -0.25) is 19.8 Å². The zero-order valence-electron chi connectivity index (χ0n) is 16.0. The fourth-order valence-electron chi connectivity index (χ4n) is 5.54. The number of carbonyl (C=O) groups excluding carboxylic acids is 3. The van der Waals surface area contributed by atoms with Crippen molar-refractivity contribution in [2.45, 2.75) is 11.8 Å². The summed E-state index contributed by atoms with van der Waals surface area (Å²) in [5, 5.41) is 0.961. The van der Waals surface area contributed by atoms with Gasteiger partial charge in [0.25, 0.3) is 17.7 Å². The molecule has 2 atom stereocenters. The number of amides is 3. The van der Waals surface area contributed by atoms with Crippen LogP contribution in [0, 0.1) is 11.8 Å². The van der Waals surface area contributed by atoms with Crippen LogP contribution in [0.1, 0.15) is 44.4 Å². The van der Waals surface area contributed by atoms with E-state index in [1.165, 1.54) is 0 Å². The normalized spacial score (nSPS) is 25.5. The van der Waals surface area contributed by atoms with E-state index >= 15 is 0 Å². The standard InChI is InChI=1S/C25H18N2O3/c28-23(14-8-2-1-3-9-14)26-27-24(29)21-19-15-10-4-5-11-16(15)20(22(21)25(27)30)18-13-7-6-12-17(18)19/h1-13,19-22H,(H,26,28)/t19?,20?,21-,22-/m0/s1. The Kier molecular flexibility index (Phi) is 3.51. The van der Waals surface area contributed by atoms with Gasteiger partial charge in [-0.2, -0.15) is 5.01 Å². The van der Waals surface area contributed by atoms with E-state index in [9.17, 15) is 14.4 Å². The van der Waals surface area contributed by atoms with Gasteiger partial charge in [-0.25, -0.2) is 0 Å². The maximum Gasteiger partial charge on any atom is 0.270 e. The Balaban J connectivity index is 1.44. The lowest BCUT2D eigenvalue weighted by molar-refractivity contribution is -0.142. The summed E-state index contributed by atoms with van der Waals surface area (Å²) in [5.41, 5.74) is 7.42. The summed E-state index contributed by atoms with van der Waals surface area (Å²) in [7, 11) is 0. The van der Waals surface area contributed by atoms with Crippen molar-refractivity contribution in [2.75, 3.05) is 0 Å². The molecular weight excluding hydrogens is 376 g/mol. The van der Waals surface area contributed by atoms with Gasteiger partial charge in [-0.05, 0) is 34.4 Å². The third kappa shape index (κ3) is 2.15. The van der Waals surface area contributed by atoms with Crippen LogP contribution in [-0.2, 0) is 9.59 Å². The minimum atomic E-state index is -0.497. The molecule has 5 nitrogen and oxygen atoms in total. The summed E-state index contributed by atoms with van der Waals surface area (Å²) in [6, 6.07) is 24.8. The molecule has 0 saturated carbocycles. The van der Waals surface area contributed by atoms with Gasteiger partial charge < -0.3 is 0 Å². The minimum Gasteiger partial charge on any atom is -0.272 e. The molecule has 1 aliphatic heterocycles. The van der Waals surface area contributed by atoms with Gasteiger partial charge in [0, 0.05) is 17.4 Å². The molecule has 3 aromatic carbocycles. The second-order valence-corrected chi connectivity index (χ2v) is 8.08. The molecule has 7 rings (SSSR count). The summed E-state index contributed by atoms with van der Waals surface area (Å²) < 4.78 is 0. The largest absolute Gasteiger partial charge is 0.272 e. The Labute approximate surface area is 173 Å². The monoisotopic (exact) mass is 394 g/mol. The van der Waals surface area contributed by atoms with Crippen LogP contribution in [0.2, 0.25) is 0 Å². The van der Waals surface area contributed by atoms with Gasteiger partial charge in [0.05, 0.1) is 11.8 Å². The van der Waals surface area contributed by atoms with E-state index < -0.39 is 17.7 Å². The van der Waals surface area contributed by atoms with Crippen LogP contribution in [0.3, 0.4) is 0 Å². The molecule has 0 radical (unpaired) electrons. The van der Waals surface area contributed by atoms with Crippen molar-refractivity contribution in [3.8, 4) is 0 Å². The lowest BCUT2D eigenvalue weighted by Crippen LogP contribution is -2.46.